The van der Waals surface area contributed by atoms with Crippen molar-refractivity contribution in [1.82, 2.24) is 14.9 Å². The fraction of sp³-hybridized carbons (Fsp3) is 0.179. The van der Waals surface area contributed by atoms with Gasteiger partial charge in [-0.05, 0) is 23.8 Å². The average molecular weight is 485 g/mol. The zero-order chi connectivity index (χ0) is 25.5. The van der Waals surface area contributed by atoms with Gasteiger partial charge in [-0.25, -0.2) is 4.98 Å². The Kier molecular flexibility index (Phi) is 7.65. The van der Waals surface area contributed by atoms with Crippen LogP contribution in [0.4, 0.5) is 5.69 Å². The summed E-state index contributed by atoms with van der Waals surface area (Å²) >= 11 is 0. The maximum Gasteiger partial charge on any atom is 0.220 e. The highest BCUT2D eigenvalue weighted by Gasteiger charge is 2.13. The van der Waals surface area contributed by atoms with E-state index in [4.69, 9.17) is 14.2 Å². The Morgan fingerprint density at radius 3 is 2.39 bits per heavy atom. The number of benzene rings is 2. The molecule has 0 aliphatic carbocycles. The van der Waals surface area contributed by atoms with Crippen LogP contribution < -0.4 is 19.5 Å². The van der Waals surface area contributed by atoms with Crippen molar-refractivity contribution < 1.29 is 19.0 Å². The second kappa shape index (κ2) is 11.2. The maximum absolute atomic E-state index is 12.1. The Morgan fingerprint density at radius 2 is 1.72 bits per heavy atom. The van der Waals surface area contributed by atoms with Crippen LogP contribution >= 0.6 is 0 Å². The van der Waals surface area contributed by atoms with Crippen LogP contribution in [0.15, 0.2) is 85.3 Å². The molecule has 1 amide bonds. The molecule has 0 fully saturated rings. The number of methoxy groups -OCH3 is 2. The molecule has 0 bridgehead atoms. The third-order valence-electron chi connectivity index (χ3n) is 5.52. The predicted octanol–water partition coefficient (Wildman–Crippen LogP) is 5.41. The third kappa shape index (κ3) is 5.90. The van der Waals surface area contributed by atoms with E-state index in [1.54, 1.807) is 56.6 Å². The van der Waals surface area contributed by atoms with Gasteiger partial charge >= 0.3 is 0 Å². The van der Waals surface area contributed by atoms with Crippen LogP contribution in [-0.2, 0) is 11.3 Å². The van der Waals surface area contributed by atoms with Gasteiger partial charge in [-0.2, -0.15) is 0 Å². The van der Waals surface area contributed by atoms with Gasteiger partial charge in [0.1, 0.15) is 5.75 Å². The first kappa shape index (κ1) is 24.5. The van der Waals surface area contributed by atoms with E-state index in [9.17, 15) is 4.79 Å². The molecule has 36 heavy (non-hydrogen) atoms. The lowest BCUT2D eigenvalue weighted by Gasteiger charge is -2.23. The number of carbonyl (C=O) groups excluding carboxylic acids is 1. The zero-order valence-electron chi connectivity index (χ0n) is 20.5. The summed E-state index contributed by atoms with van der Waals surface area (Å²) in [6, 6.07) is 18.9. The first-order chi connectivity index (χ1) is 17.5. The molecule has 4 aromatic rings. The molecule has 2 heterocycles. The number of hydrogen-bond acceptors (Lipinski definition) is 7. The van der Waals surface area contributed by atoms with Crippen LogP contribution in [0.5, 0.6) is 23.1 Å². The molecule has 1 N–H and O–H groups in total. The number of carbonyl (C=O) groups is 1. The summed E-state index contributed by atoms with van der Waals surface area (Å²) in [7, 11) is 3.16. The Balaban J connectivity index is 1.43. The van der Waals surface area contributed by atoms with Crippen molar-refractivity contribution in [1.29, 1.82) is 0 Å². The standard InChI is InChI=1S/C28H28N4O4/c1-19(17-32(20(2)33)18-21-8-6-5-7-9-21)31-22-10-11-28(30-16-22)36-25-12-13-29-24-15-27(35-4)26(34-3)14-23(24)25/h5-16,31H,1,17-18H2,2-4H3. The Labute approximate surface area is 210 Å². The van der Waals surface area contributed by atoms with Gasteiger partial charge in [0.05, 0.1) is 38.2 Å². The molecule has 0 atom stereocenters. The molecule has 4 rings (SSSR count). The minimum absolute atomic E-state index is 0.0255. The molecule has 0 aliphatic heterocycles. The maximum atomic E-state index is 12.1. The van der Waals surface area contributed by atoms with Gasteiger partial charge < -0.3 is 24.4 Å². The van der Waals surface area contributed by atoms with Gasteiger partial charge in [-0.1, -0.05) is 36.9 Å². The number of fused-ring (bicyclic) bond motifs is 1. The highest BCUT2D eigenvalue weighted by Crippen LogP contribution is 2.36. The topological polar surface area (TPSA) is 85.8 Å². The fourth-order valence-corrected chi connectivity index (χ4v) is 3.72. The van der Waals surface area contributed by atoms with Crippen LogP contribution in [0.3, 0.4) is 0 Å². The molecule has 0 radical (unpaired) electrons. The summed E-state index contributed by atoms with van der Waals surface area (Å²) in [6.07, 6.45) is 3.32. The lowest BCUT2D eigenvalue weighted by Crippen LogP contribution is -2.31. The van der Waals surface area contributed by atoms with Gasteiger partial charge in [0.2, 0.25) is 11.8 Å². The van der Waals surface area contributed by atoms with Crippen molar-refractivity contribution in [3.8, 4) is 23.1 Å². The molecule has 2 aromatic heterocycles. The molecule has 2 aromatic carbocycles. The van der Waals surface area contributed by atoms with Crippen molar-refractivity contribution >= 4 is 22.5 Å². The van der Waals surface area contributed by atoms with Crippen LogP contribution in [-0.4, -0.2) is 41.5 Å². The van der Waals surface area contributed by atoms with Crippen LogP contribution in [0, 0.1) is 0 Å². The lowest BCUT2D eigenvalue weighted by atomic mass is 10.2. The molecule has 184 valence electrons. The van der Waals surface area contributed by atoms with Crippen molar-refractivity contribution in [2.45, 2.75) is 13.5 Å². The number of pyridine rings is 2. The molecule has 8 heteroatoms. The van der Waals surface area contributed by atoms with Gasteiger partial charge in [0.25, 0.3) is 0 Å². The number of aromatic nitrogens is 2. The average Bonchev–Trinajstić information content (AvgIpc) is 2.89. The second-order valence-electron chi connectivity index (χ2n) is 8.11. The number of nitrogens with one attached hydrogen (secondary N) is 1. The number of ether oxygens (including phenoxy) is 3. The Bertz CT molecular complexity index is 1360. The summed E-state index contributed by atoms with van der Waals surface area (Å²) in [5, 5.41) is 3.99. The van der Waals surface area contributed by atoms with Crippen LogP contribution in [0.2, 0.25) is 0 Å². The molecule has 8 nitrogen and oxygen atoms in total. The fourth-order valence-electron chi connectivity index (χ4n) is 3.72. The second-order valence-corrected chi connectivity index (χ2v) is 8.11. The smallest absolute Gasteiger partial charge is 0.220 e. The molecule has 0 unspecified atom stereocenters. The van der Waals surface area contributed by atoms with Crippen LogP contribution in [0.25, 0.3) is 10.9 Å². The quantitative estimate of drug-likeness (QED) is 0.322. The monoisotopic (exact) mass is 484 g/mol. The van der Waals surface area contributed by atoms with Crippen molar-refractivity contribution in [3.63, 3.8) is 0 Å². The Morgan fingerprint density at radius 1 is 0.972 bits per heavy atom. The first-order valence-electron chi connectivity index (χ1n) is 11.4. The summed E-state index contributed by atoms with van der Waals surface area (Å²) in [5.74, 6) is 2.17. The minimum atomic E-state index is -0.0255. The van der Waals surface area contributed by atoms with E-state index in [0.717, 1.165) is 16.6 Å². The van der Waals surface area contributed by atoms with E-state index in [-0.39, 0.29) is 5.91 Å². The minimum Gasteiger partial charge on any atom is -0.493 e. The Hall–Kier alpha value is -4.59. The van der Waals surface area contributed by atoms with E-state index in [1.165, 1.54) is 0 Å². The van der Waals surface area contributed by atoms with Gasteiger partial charge in [0, 0.05) is 42.9 Å². The predicted molar refractivity (Wildman–Crippen MR) is 139 cm³/mol. The summed E-state index contributed by atoms with van der Waals surface area (Å²) in [5.41, 5.74) is 3.19. The van der Waals surface area contributed by atoms with Crippen molar-refractivity contribution in [2.75, 3.05) is 26.1 Å². The van der Waals surface area contributed by atoms with Crippen molar-refractivity contribution in [3.05, 3.63) is 90.9 Å². The molecule has 0 spiro atoms. The lowest BCUT2D eigenvalue weighted by molar-refractivity contribution is -0.129. The summed E-state index contributed by atoms with van der Waals surface area (Å²) < 4.78 is 16.8. The number of rotatable bonds is 10. The normalized spacial score (nSPS) is 10.5. The van der Waals surface area contributed by atoms with E-state index in [0.29, 0.717) is 47.4 Å². The van der Waals surface area contributed by atoms with Gasteiger partial charge in [-0.3, -0.25) is 9.78 Å². The van der Waals surface area contributed by atoms with Crippen LogP contribution in [0.1, 0.15) is 12.5 Å². The van der Waals surface area contributed by atoms with Crippen molar-refractivity contribution in [2.24, 2.45) is 0 Å². The molecule has 0 saturated carbocycles. The highest BCUT2D eigenvalue weighted by molar-refractivity contribution is 5.88. The van der Waals surface area contributed by atoms with E-state index >= 15 is 0 Å². The summed E-state index contributed by atoms with van der Waals surface area (Å²) in [4.78, 5) is 22.7. The molecular formula is C28H28N4O4. The number of nitrogens with zero attached hydrogens (tertiary/aromatic N) is 3. The van der Waals surface area contributed by atoms with E-state index in [2.05, 4.69) is 21.9 Å². The largest absolute Gasteiger partial charge is 0.493 e. The van der Waals surface area contributed by atoms with Gasteiger partial charge in [0.15, 0.2) is 11.5 Å². The number of hydrogen-bond donors (Lipinski definition) is 1. The zero-order valence-corrected chi connectivity index (χ0v) is 20.5. The molecular weight excluding hydrogens is 456 g/mol. The first-order valence-corrected chi connectivity index (χ1v) is 11.4. The number of amides is 1. The number of anilines is 1. The van der Waals surface area contributed by atoms with Gasteiger partial charge in [-0.15, -0.1) is 0 Å². The third-order valence-corrected chi connectivity index (χ3v) is 5.52. The van der Waals surface area contributed by atoms with E-state index < -0.39 is 0 Å². The highest BCUT2D eigenvalue weighted by atomic mass is 16.5. The molecule has 0 aliphatic rings. The van der Waals surface area contributed by atoms with E-state index in [1.807, 2.05) is 42.5 Å². The SMILES string of the molecule is C=C(CN(Cc1ccccc1)C(C)=O)Nc1ccc(Oc2ccnc3cc(OC)c(OC)cc23)nc1. The molecule has 0 saturated heterocycles. The summed E-state index contributed by atoms with van der Waals surface area (Å²) in [6.45, 7) is 6.51.